The second-order valence-corrected chi connectivity index (χ2v) is 4.59. The van der Waals surface area contributed by atoms with Crippen LogP contribution in [-0.4, -0.2) is 16.0 Å². The van der Waals surface area contributed by atoms with E-state index < -0.39 is 0 Å². The molecule has 2 N–H and O–H groups in total. The molecule has 0 saturated heterocycles. The van der Waals surface area contributed by atoms with E-state index in [0.717, 1.165) is 11.5 Å². The van der Waals surface area contributed by atoms with Crippen LogP contribution < -0.4 is 5.32 Å². The number of hydrogen-bond donors (Lipinski definition) is 2. The van der Waals surface area contributed by atoms with Crippen LogP contribution in [0.2, 0.25) is 0 Å². The number of imidazole rings is 1. The fraction of sp³-hybridized carbons (Fsp3) is 0.438. The van der Waals surface area contributed by atoms with E-state index in [0.29, 0.717) is 6.04 Å². The molecule has 2 aromatic rings. The van der Waals surface area contributed by atoms with Gasteiger partial charge in [0.2, 0.25) is 0 Å². The summed E-state index contributed by atoms with van der Waals surface area (Å²) in [5.41, 5.74) is 2.24. The highest BCUT2D eigenvalue weighted by Crippen LogP contribution is 2.18. The second-order valence-electron chi connectivity index (χ2n) is 4.59. The Morgan fingerprint density at radius 1 is 1.05 bits per heavy atom. The van der Waals surface area contributed by atoms with Crippen LogP contribution in [0, 0.1) is 0 Å². The van der Waals surface area contributed by atoms with E-state index >= 15 is 0 Å². The molecule has 0 bridgehead atoms. The maximum Gasteiger partial charge on any atom is 0.123 e. The van der Waals surface area contributed by atoms with E-state index in [9.17, 15) is 0 Å². The predicted octanol–water partition coefficient (Wildman–Crippen LogP) is 4.16. The molecule has 0 aliphatic carbocycles. The van der Waals surface area contributed by atoms with Crippen molar-refractivity contribution in [1.29, 1.82) is 0 Å². The number of hydrogen-bond acceptors (Lipinski definition) is 2. The second kappa shape index (κ2) is 7.74. The zero-order valence-corrected chi connectivity index (χ0v) is 12.6. The Hall–Kier alpha value is -1.61. The first-order valence-electron chi connectivity index (χ1n) is 7.03. The van der Waals surface area contributed by atoms with Crippen molar-refractivity contribution in [3.8, 4) is 11.3 Å². The summed E-state index contributed by atoms with van der Waals surface area (Å²) in [6.07, 6.45) is 1.89. The minimum absolute atomic E-state index is 0.243. The highest BCUT2D eigenvalue weighted by atomic mass is 15.0. The average molecular weight is 259 g/mol. The SMILES string of the molecule is CC.CC(C)N[C@@H](C)c1ncc(-c2ccccc2)[nH]1. The van der Waals surface area contributed by atoms with Gasteiger partial charge in [-0.3, -0.25) is 0 Å². The average Bonchev–Trinajstić information content (AvgIpc) is 2.91. The van der Waals surface area contributed by atoms with Crippen molar-refractivity contribution in [2.24, 2.45) is 0 Å². The number of benzene rings is 1. The number of aromatic amines is 1. The van der Waals surface area contributed by atoms with E-state index in [2.05, 4.69) is 48.2 Å². The molecule has 0 saturated carbocycles. The Labute approximate surface area is 116 Å². The van der Waals surface area contributed by atoms with E-state index in [1.165, 1.54) is 5.56 Å². The molecule has 0 radical (unpaired) electrons. The van der Waals surface area contributed by atoms with Crippen LogP contribution in [0.3, 0.4) is 0 Å². The number of nitrogens with zero attached hydrogens (tertiary/aromatic N) is 1. The van der Waals surface area contributed by atoms with Gasteiger partial charge in [0.25, 0.3) is 0 Å². The molecule has 0 aliphatic heterocycles. The molecule has 104 valence electrons. The third-order valence-electron chi connectivity index (χ3n) is 2.67. The van der Waals surface area contributed by atoms with E-state index in [1.54, 1.807) is 0 Å². The van der Waals surface area contributed by atoms with Gasteiger partial charge in [-0.05, 0) is 12.5 Å². The fourth-order valence-corrected chi connectivity index (χ4v) is 1.90. The predicted molar refractivity (Wildman–Crippen MR) is 82.1 cm³/mol. The topological polar surface area (TPSA) is 40.7 Å². The third-order valence-corrected chi connectivity index (χ3v) is 2.67. The zero-order valence-electron chi connectivity index (χ0n) is 12.6. The van der Waals surface area contributed by atoms with Crippen molar-refractivity contribution in [3.63, 3.8) is 0 Å². The van der Waals surface area contributed by atoms with Crippen LogP contribution in [0.1, 0.15) is 46.5 Å². The molecule has 3 nitrogen and oxygen atoms in total. The summed E-state index contributed by atoms with van der Waals surface area (Å²) in [4.78, 5) is 7.79. The zero-order chi connectivity index (χ0) is 14.3. The molecule has 1 atom stereocenters. The van der Waals surface area contributed by atoms with Crippen molar-refractivity contribution in [3.05, 3.63) is 42.4 Å². The molecule has 1 aromatic heterocycles. The monoisotopic (exact) mass is 259 g/mol. The maximum absolute atomic E-state index is 4.43. The number of aromatic nitrogens is 2. The van der Waals surface area contributed by atoms with Crippen LogP contribution in [-0.2, 0) is 0 Å². The van der Waals surface area contributed by atoms with Gasteiger partial charge in [0.15, 0.2) is 0 Å². The Morgan fingerprint density at radius 2 is 1.68 bits per heavy atom. The Balaban J connectivity index is 0.000000861. The van der Waals surface area contributed by atoms with Gasteiger partial charge < -0.3 is 10.3 Å². The smallest absolute Gasteiger partial charge is 0.123 e. The van der Waals surface area contributed by atoms with Gasteiger partial charge >= 0.3 is 0 Å². The van der Waals surface area contributed by atoms with Gasteiger partial charge in [-0.15, -0.1) is 0 Å². The molecule has 2 rings (SSSR count). The van der Waals surface area contributed by atoms with Crippen molar-refractivity contribution < 1.29 is 0 Å². The van der Waals surface area contributed by atoms with Crippen molar-refractivity contribution in [1.82, 2.24) is 15.3 Å². The summed E-state index contributed by atoms with van der Waals surface area (Å²) in [6, 6.07) is 10.9. The van der Waals surface area contributed by atoms with Gasteiger partial charge in [-0.25, -0.2) is 4.98 Å². The lowest BCUT2D eigenvalue weighted by Gasteiger charge is -2.14. The Bertz CT molecular complexity index is 460. The molecule has 1 aromatic carbocycles. The van der Waals surface area contributed by atoms with Gasteiger partial charge in [-0.1, -0.05) is 58.0 Å². The normalized spacial score (nSPS) is 11.9. The van der Waals surface area contributed by atoms with Gasteiger partial charge in [0.05, 0.1) is 17.9 Å². The Kier molecular flexibility index (Phi) is 6.30. The number of H-pyrrole nitrogens is 1. The van der Waals surface area contributed by atoms with Crippen molar-refractivity contribution in [2.45, 2.75) is 46.7 Å². The van der Waals surface area contributed by atoms with E-state index in [-0.39, 0.29) is 6.04 Å². The molecule has 0 unspecified atom stereocenters. The standard InChI is InChI=1S/C14H19N3.C2H6/c1-10(2)16-11(3)14-15-9-13(17-14)12-7-5-4-6-8-12;1-2/h4-11,16H,1-3H3,(H,15,17);1-2H3/t11-;/m0./s1. The highest BCUT2D eigenvalue weighted by Gasteiger charge is 2.10. The van der Waals surface area contributed by atoms with Gasteiger partial charge in [0, 0.05) is 6.04 Å². The minimum Gasteiger partial charge on any atom is -0.341 e. The van der Waals surface area contributed by atoms with Crippen LogP contribution in [0.4, 0.5) is 0 Å². The summed E-state index contributed by atoms with van der Waals surface area (Å²) >= 11 is 0. The van der Waals surface area contributed by atoms with Gasteiger partial charge in [0.1, 0.15) is 5.82 Å². The van der Waals surface area contributed by atoms with Gasteiger partial charge in [-0.2, -0.15) is 0 Å². The summed E-state index contributed by atoms with van der Waals surface area (Å²) in [7, 11) is 0. The molecular weight excluding hydrogens is 234 g/mol. The van der Waals surface area contributed by atoms with Crippen LogP contribution >= 0.6 is 0 Å². The van der Waals surface area contributed by atoms with Crippen LogP contribution in [0.5, 0.6) is 0 Å². The fourth-order valence-electron chi connectivity index (χ4n) is 1.90. The molecule has 0 spiro atoms. The molecule has 1 heterocycles. The van der Waals surface area contributed by atoms with Crippen LogP contribution in [0.25, 0.3) is 11.3 Å². The Morgan fingerprint density at radius 3 is 2.26 bits per heavy atom. The molecule has 3 heteroatoms. The minimum atomic E-state index is 0.243. The molecule has 19 heavy (non-hydrogen) atoms. The van der Waals surface area contributed by atoms with E-state index in [4.69, 9.17) is 0 Å². The lowest BCUT2D eigenvalue weighted by atomic mass is 10.2. The first kappa shape index (κ1) is 15.4. The number of nitrogens with one attached hydrogen (secondary N) is 2. The lowest BCUT2D eigenvalue weighted by Crippen LogP contribution is -2.26. The molecular formula is C16H25N3. The molecule has 0 amide bonds. The quantitative estimate of drug-likeness (QED) is 0.865. The summed E-state index contributed by atoms with van der Waals surface area (Å²) in [5.74, 6) is 0.984. The lowest BCUT2D eigenvalue weighted by molar-refractivity contribution is 0.490. The number of rotatable bonds is 4. The van der Waals surface area contributed by atoms with E-state index in [1.807, 2.05) is 38.2 Å². The largest absolute Gasteiger partial charge is 0.341 e. The summed E-state index contributed by atoms with van der Waals surface area (Å²) < 4.78 is 0. The first-order valence-corrected chi connectivity index (χ1v) is 7.03. The van der Waals surface area contributed by atoms with Crippen molar-refractivity contribution >= 4 is 0 Å². The van der Waals surface area contributed by atoms with Crippen LogP contribution in [0.15, 0.2) is 36.5 Å². The third kappa shape index (κ3) is 4.52. The molecule has 0 aliphatic rings. The first-order chi connectivity index (χ1) is 9.16. The summed E-state index contributed by atoms with van der Waals surface area (Å²) in [6.45, 7) is 10.4. The summed E-state index contributed by atoms with van der Waals surface area (Å²) in [5, 5.41) is 3.43. The van der Waals surface area contributed by atoms with Crippen molar-refractivity contribution in [2.75, 3.05) is 0 Å². The maximum atomic E-state index is 4.43. The molecule has 0 fully saturated rings. The highest BCUT2D eigenvalue weighted by molar-refractivity contribution is 5.58.